The standard InChI is InChI=1S/C34H38N2O7S/c1-4-5-15-29-31(43-33(36-29)25-12-7-6-8-13-25)22-42-21-24-16-17-27(28(20-24)26-14-10-9-11-23(26)2)32(37)35-30(34(38)39)18-19-44(3,40)41/h6-14,16-17,20,30H,4-5,15,18-19,21-22H2,1-3H3,(H,35,37)(H,38,39)/t30-/m0/s1. The van der Waals surface area contributed by atoms with Crippen LogP contribution in [0.15, 0.2) is 77.2 Å². The van der Waals surface area contributed by atoms with E-state index in [1.54, 1.807) is 12.1 Å². The van der Waals surface area contributed by atoms with Gasteiger partial charge in [-0.05, 0) is 72.7 Å². The summed E-state index contributed by atoms with van der Waals surface area (Å²) in [4.78, 5) is 29.9. The minimum atomic E-state index is -3.40. The zero-order valence-electron chi connectivity index (χ0n) is 25.2. The molecule has 0 radical (unpaired) electrons. The Kier molecular flexibility index (Phi) is 11.1. The molecule has 3 aromatic carbocycles. The maximum absolute atomic E-state index is 13.4. The molecule has 0 bridgehead atoms. The van der Waals surface area contributed by atoms with Gasteiger partial charge < -0.3 is 19.6 Å². The number of unbranched alkanes of at least 4 members (excludes halogenated alkanes) is 1. The molecule has 4 aromatic rings. The number of carbonyl (C=O) groups excluding carboxylic acids is 1. The van der Waals surface area contributed by atoms with Gasteiger partial charge in [0, 0.05) is 17.4 Å². The molecular weight excluding hydrogens is 580 g/mol. The SMILES string of the molecule is CCCCc1nc(-c2ccccc2)oc1COCc1ccc(C(=O)N[C@@H](CCS(C)(=O)=O)C(=O)O)c(-c2ccccc2C)c1. The molecule has 0 fully saturated rings. The van der Waals surface area contributed by atoms with Crippen LogP contribution in [0.3, 0.4) is 0 Å². The Balaban J connectivity index is 1.56. The van der Waals surface area contributed by atoms with E-state index in [1.807, 2.05) is 67.6 Å². The third-order valence-corrected chi connectivity index (χ3v) is 8.19. The van der Waals surface area contributed by atoms with Crippen LogP contribution in [0, 0.1) is 6.92 Å². The Morgan fingerprint density at radius 1 is 1.00 bits per heavy atom. The van der Waals surface area contributed by atoms with Gasteiger partial charge in [0.05, 0.1) is 18.1 Å². The lowest BCUT2D eigenvalue weighted by molar-refractivity contribution is -0.139. The number of benzene rings is 3. The number of aromatic nitrogens is 1. The fourth-order valence-electron chi connectivity index (χ4n) is 4.80. The van der Waals surface area contributed by atoms with Crippen molar-refractivity contribution in [3.05, 3.63) is 101 Å². The molecule has 0 unspecified atom stereocenters. The number of rotatable bonds is 15. The number of ether oxygens (including phenoxy) is 1. The lowest BCUT2D eigenvalue weighted by atomic mass is 9.93. The van der Waals surface area contributed by atoms with Crippen molar-refractivity contribution in [3.8, 4) is 22.6 Å². The maximum Gasteiger partial charge on any atom is 0.326 e. The molecule has 1 heterocycles. The second-order valence-corrected chi connectivity index (χ2v) is 13.1. The molecule has 0 spiro atoms. The molecule has 1 atom stereocenters. The monoisotopic (exact) mass is 618 g/mol. The first-order valence-corrected chi connectivity index (χ1v) is 16.6. The average Bonchev–Trinajstić information content (AvgIpc) is 3.41. The molecule has 44 heavy (non-hydrogen) atoms. The largest absolute Gasteiger partial charge is 0.480 e. The van der Waals surface area contributed by atoms with E-state index in [0.717, 1.165) is 53.5 Å². The molecule has 1 amide bonds. The van der Waals surface area contributed by atoms with Gasteiger partial charge in [-0.15, -0.1) is 0 Å². The summed E-state index contributed by atoms with van der Waals surface area (Å²) in [6, 6.07) is 21.2. The van der Waals surface area contributed by atoms with Crippen LogP contribution in [0.2, 0.25) is 0 Å². The highest BCUT2D eigenvalue weighted by Gasteiger charge is 2.24. The zero-order chi connectivity index (χ0) is 31.7. The van der Waals surface area contributed by atoms with Gasteiger partial charge in [0.1, 0.15) is 22.5 Å². The highest BCUT2D eigenvalue weighted by molar-refractivity contribution is 7.90. The van der Waals surface area contributed by atoms with Crippen molar-refractivity contribution < 1.29 is 32.3 Å². The molecule has 1 aromatic heterocycles. The van der Waals surface area contributed by atoms with Crippen LogP contribution in [0.5, 0.6) is 0 Å². The zero-order valence-corrected chi connectivity index (χ0v) is 26.0. The molecule has 10 heteroatoms. The quantitative estimate of drug-likeness (QED) is 0.166. The second kappa shape index (κ2) is 14.9. The Hall–Kier alpha value is -4.28. The van der Waals surface area contributed by atoms with Crippen molar-refractivity contribution >= 4 is 21.7 Å². The lowest BCUT2D eigenvalue weighted by Gasteiger charge is -2.18. The summed E-state index contributed by atoms with van der Waals surface area (Å²) < 4.78 is 35.4. The Morgan fingerprint density at radius 2 is 1.73 bits per heavy atom. The van der Waals surface area contributed by atoms with Crippen LogP contribution in [0.25, 0.3) is 22.6 Å². The van der Waals surface area contributed by atoms with E-state index in [9.17, 15) is 23.1 Å². The number of nitrogens with one attached hydrogen (secondary N) is 1. The topological polar surface area (TPSA) is 136 Å². The number of amides is 1. The predicted molar refractivity (Wildman–Crippen MR) is 169 cm³/mol. The van der Waals surface area contributed by atoms with E-state index in [0.29, 0.717) is 17.2 Å². The van der Waals surface area contributed by atoms with Crippen LogP contribution in [-0.2, 0) is 39.0 Å². The second-order valence-electron chi connectivity index (χ2n) is 10.8. The normalized spacial score (nSPS) is 12.2. The van der Waals surface area contributed by atoms with E-state index < -0.39 is 27.8 Å². The third kappa shape index (κ3) is 8.87. The Bertz CT molecular complexity index is 1700. The van der Waals surface area contributed by atoms with Crippen molar-refractivity contribution in [2.45, 2.75) is 58.8 Å². The smallest absolute Gasteiger partial charge is 0.326 e. The maximum atomic E-state index is 13.4. The predicted octanol–water partition coefficient (Wildman–Crippen LogP) is 5.99. The van der Waals surface area contributed by atoms with E-state index in [-0.39, 0.29) is 31.0 Å². The summed E-state index contributed by atoms with van der Waals surface area (Å²) in [6.07, 6.45) is 3.59. The number of nitrogens with zero attached hydrogens (tertiary/aromatic N) is 1. The fraction of sp³-hybridized carbons (Fsp3) is 0.324. The van der Waals surface area contributed by atoms with E-state index in [1.165, 1.54) is 0 Å². The third-order valence-electron chi connectivity index (χ3n) is 7.21. The molecular formula is C34H38N2O7S. The molecule has 9 nitrogen and oxygen atoms in total. The van der Waals surface area contributed by atoms with Gasteiger partial charge >= 0.3 is 5.97 Å². The summed E-state index contributed by atoms with van der Waals surface area (Å²) in [5.74, 6) is -1.02. The molecule has 4 rings (SSSR count). The van der Waals surface area contributed by atoms with E-state index >= 15 is 0 Å². The number of hydrogen-bond acceptors (Lipinski definition) is 7. The van der Waals surface area contributed by atoms with E-state index in [2.05, 4.69) is 12.2 Å². The molecule has 0 saturated heterocycles. The van der Waals surface area contributed by atoms with Crippen molar-refractivity contribution in [1.82, 2.24) is 10.3 Å². The first kappa shape index (κ1) is 32.6. The molecule has 0 aliphatic heterocycles. The number of hydrogen-bond donors (Lipinski definition) is 2. The number of aryl methyl sites for hydroxylation is 2. The van der Waals surface area contributed by atoms with Crippen LogP contribution in [0.1, 0.15) is 59.1 Å². The number of carboxylic acids is 1. The first-order chi connectivity index (χ1) is 21.1. The Labute approximate surface area is 258 Å². The van der Waals surface area contributed by atoms with Gasteiger partial charge in [-0.25, -0.2) is 18.2 Å². The summed E-state index contributed by atoms with van der Waals surface area (Å²) in [7, 11) is -3.40. The lowest BCUT2D eigenvalue weighted by Crippen LogP contribution is -2.42. The summed E-state index contributed by atoms with van der Waals surface area (Å²) >= 11 is 0. The van der Waals surface area contributed by atoms with Gasteiger partial charge in [-0.2, -0.15) is 0 Å². The van der Waals surface area contributed by atoms with Crippen molar-refractivity contribution in [2.75, 3.05) is 12.0 Å². The van der Waals surface area contributed by atoms with Crippen molar-refractivity contribution in [2.24, 2.45) is 0 Å². The minimum absolute atomic E-state index is 0.224. The molecule has 2 N–H and O–H groups in total. The van der Waals surface area contributed by atoms with E-state index in [4.69, 9.17) is 14.1 Å². The van der Waals surface area contributed by atoms with Gasteiger partial charge in [-0.1, -0.05) is 61.9 Å². The number of carboxylic acid groups (broad SMARTS) is 1. The molecule has 0 aliphatic rings. The van der Waals surface area contributed by atoms with Gasteiger partial charge in [0.25, 0.3) is 5.91 Å². The first-order valence-electron chi connectivity index (χ1n) is 14.6. The van der Waals surface area contributed by atoms with Gasteiger partial charge in [0.2, 0.25) is 5.89 Å². The van der Waals surface area contributed by atoms with Crippen LogP contribution >= 0.6 is 0 Å². The van der Waals surface area contributed by atoms with Crippen molar-refractivity contribution in [3.63, 3.8) is 0 Å². The van der Waals surface area contributed by atoms with Gasteiger partial charge in [-0.3, -0.25) is 4.79 Å². The molecule has 0 aliphatic carbocycles. The molecule has 0 saturated carbocycles. The van der Waals surface area contributed by atoms with Gasteiger partial charge in [0.15, 0.2) is 5.76 Å². The number of oxazole rings is 1. The number of aliphatic carboxylic acids is 1. The highest BCUT2D eigenvalue weighted by Crippen LogP contribution is 2.29. The number of sulfone groups is 1. The summed E-state index contributed by atoms with van der Waals surface area (Å²) in [5, 5.41) is 12.1. The highest BCUT2D eigenvalue weighted by atomic mass is 32.2. The summed E-state index contributed by atoms with van der Waals surface area (Å²) in [5.41, 5.74) is 5.22. The fourth-order valence-corrected chi connectivity index (χ4v) is 5.47. The van der Waals surface area contributed by atoms with Crippen LogP contribution < -0.4 is 5.32 Å². The van der Waals surface area contributed by atoms with Crippen molar-refractivity contribution in [1.29, 1.82) is 0 Å². The van der Waals surface area contributed by atoms with Crippen LogP contribution in [0.4, 0.5) is 0 Å². The number of carbonyl (C=O) groups is 2. The molecule has 232 valence electrons. The van der Waals surface area contributed by atoms with Crippen LogP contribution in [-0.4, -0.2) is 48.4 Å². The Morgan fingerprint density at radius 3 is 2.41 bits per heavy atom. The minimum Gasteiger partial charge on any atom is -0.480 e. The summed E-state index contributed by atoms with van der Waals surface area (Å²) in [6.45, 7) is 4.52. The average molecular weight is 619 g/mol.